The van der Waals surface area contributed by atoms with Gasteiger partial charge in [-0.25, -0.2) is 0 Å². The maximum Gasteiger partial charge on any atom is 0.191 e. The zero-order valence-corrected chi connectivity index (χ0v) is 14.2. The third-order valence-electron chi connectivity index (χ3n) is 3.21. The lowest BCUT2D eigenvalue weighted by molar-refractivity contribution is 0.591. The molecule has 0 amide bonds. The lowest BCUT2D eigenvalue weighted by atomic mass is 10.4. The molecule has 2 rings (SSSR count). The predicted octanol–water partition coefficient (Wildman–Crippen LogP) is 2.62. The molecule has 21 heavy (non-hydrogen) atoms. The molecule has 0 saturated heterocycles. The predicted molar refractivity (Wildman–Crippen MR) is 85.4 cm³/mol. The zero-order valence-electron chi connectivity index (χ0n) is 12.6. The quantitative estimate of drug-likeness (QED) is 0.791. The standard InChI is InChI=1S/C13H21ClN6S/c1-4-6-19-11(7-15)16-17-13(19)21-8-10-12(14)9(3)18-20(10)5-2/h4-8,15H2,1-3H3. The van der Waals surface area contributed by atoms with E-state index in [1.165, 1.54) is 0 Å². The highest BCUT2D eigenvalue weighted by molar-refractivity contribution is 7.98. The number of halogens is 1. The van der Waals surface area contributed by atoms with Gasteiger partial charge in [-0.15, -0.1) is 10.2 Å². The molecule has 0 spiro atoms. The Hall–Kier alpha value is -1.05. The van der Waals surface area contributed by atoms with Crippen LogP contribution in [0.15, 0.2) is 5.16 Å². The first-order valence-electron chi connectivity index (χ1n) is 7.09. The van der Waals surface area contributed by atoms with Crippen molar-refractivity contribution in [1.29, 1.82) is 0 Å². The molecular formula is C13H21ClN6S. The first-order valence-corrected chi connectivity index (χ1v) is 8.45. The normalized spacial score (nSPS) is 11.3. The van der Waals surface area contributed by atoms with Gasteiger partial charge in [-0.1, -0.05) is 30.3 Å². The number of aryl methyl sites for hydroxylation is 2. The van der Waals surface area contributed by atoms with Gasteiger partial charge in [0.1, 0.15) is 5.82 Å². The Morgan fingerprint density at radius 3 is 2.67 bits per heavy atom. The van der Waals surface area contributed by atoms with Crippen molar-refractivity contribution in [3.8, 4) is 0 Å². The average molecular weight is 329 g/mol. The molecule has 0 aromatic carbocycles. The fourth-order valence-electron chi connectivity index (χ4n) is 2.16. The summed E-state index contributed by atoms with van der Waals surface area (Å²) in [5.41, 5.74) is 7.60. The van der Waals surface area contributed by atoms with E-state index in [-0.39, 0.29) is 0 Å². The monoisotopic (exact) mass is 328 g/mol. The Kier molecular flexibility index (Phi) is 5.66. The summed E-state index contributed by atoms with van der Waals surface area (Å²) < 4.78 is 4.02. The summed E-state index contributed by atoms with van der Waals surface area (Å²) in [5.74, 6) is 1.55. The minimum atomic E-state index is 0.403. The second-order valence-electron chi connectivity index (χ2n) is 4.71. The molecule has 2 aromatic rings. The van der Waals surface area contributed by atoms with Crippen molar-refractivity contribution >= 4 is 23.4 Å². The molecule has 0 saturated carbocycles. The molecular weight excluding hydrogens is 308 g/mol. The lowest BCUT2D eigenvalue weighted by Crippen LogP contribution is -2.09. The van der Waals surface area contributed by atoms with E-state index < -0.39 is 0 Å². The van der Waals surface area contributed by atoms with E-state index >= 15 is 0 Å². The molecule has 8 heteroatoms. The Morgan fingerprint density at radius 1 is 1.29 bits per heavy atom. The summed E-state index contributed by atoms with van der Waals surface area (Å²) in [6.07, 6.45) is 1.02. The number of nitrogens with two attached hydrogens (primary N) is 1. The van der Waals surface area contributed by atoms with Gasteiger partial charge in [0.25, 0.3) is 0 Å². The van der Waals surface area contributed by atoms with Crippen molar-refractivity contribution in [2.24, 2.45) is 5.73 Å². The van der Waals surface area contributed by atoms with Crippen LogP contribution in [-0.2, 0) is 25.4 Å². The Bertz CT molecular complexity index is 606. The third kappa shape index (κ3) is 3.41. The van der Waals surface area contributed by atoms with Gasteiger partial charge in [-0.05, 0) is 20.3 Å². The Balaban J connectivity index is 2.18. The maximum absolute atomic E-state index is 6.33. The molecule has 0 unspecified atom stereocenters. The summed E-state index contributed by atoms with van der Waals surface area (Å²) in [6.45, 7) is 8.19. The fraction of sp³-hybridized carbons (Fsp3) is 0.615. The average Bonchev–Trinajstić information content (AvgIpc) is 2.99. The summed E-state index contributed by atoms with van der Waals surface area (Å²) in [6, 6.07) is 0. The summed E-state index contributed by atoms with van der Waals surface area (Å²) in [7, 11) is 0. The van der Waals surface area contributed by atoms with Gasteiger partial charge in [0.15, 0.2) is 5.16 Å². The van der Waals surface area contributed by atoms with Crippen molar-refractivity contribution in [1.82, 2.24) is 24.5 Å². The molecule has 0 radical (unpaired) electrons. The smallest absolute Gasteiger partial charge is 0.191 e. The molecule has 0 atom stereocenters. The van der Waals surface area contributed by atoms with Gasteiger partial charge >= 0.3 is 0 Å². The molecule has 2 aromatic heterocycles. The summed E-state index contributed by atoms with van der Waals surface area (Å²) >= 11 is 7.95. The largest absolute Gasteiger partial charge is 0.324 e. The minimum Gasteiger partial charge on any atom is -0.324 e. The fourth-order valence-corrected chi connectivity index (χ4v) is 3.46. The van der Waals surface area contributed by atoms with Gasteiger partial charge in [-0.2, -0.15) is 5.10 Å². The van der Waals surface area contributed by atoms with Crippen LogP contribution in [0.4, 0.5) is 0 Å². The van der Waals surface area contributed by atoms with Crippen molar-refractivity contribution in [3.63, 3.8) is 0 Å². The zero-order chi connectivity index (χ0) is 15.4. The molecule has 6 nitrogen and oxygen atoms in total. The number of hydrogen-bond donors (Lipinski definition) is 1. The second kappa shape index (κ2) is 7.29. The Morgan fingerprint density at radius 2 is 2.05 bits per heavy atom. The van der Waals surface area contributed by atoms with Crippen LogP contribution in [0.25, 0.3) is 0 Å². The first kappa shape index (κ1) is 16.3. The van der Waals surface area contributed by atoms with Crippen LogP contribution in [0, 0.1) is 6.92 Å². The number of rotatable bonds is 7. The first-order chi connectivity index (χ1) is 10.1. The highest BCUT2D eigenvalue weighted by Gasteiger charge is 2.16. The van der Waals surface area contributed by atoms with E-state index in [1.54, 1.807) is 11.8 Å². The van der Waals surface area contributed by atoms with Crippen LogP contribution in [0.2, 0.25) is 5.02 Å². The van der Waals surface area contributed by atoms with Crippen LogP contribution in [-0.4, -0.2) is 24.5 Å². The highest BCUT2D eigenvalue weighted by Crippen LogP contribution is 2.28. The second-order valence-corrected chi connectivity index (χ2v) is 6.03. The van der Waals surface area contributed by atoms with Gasteiger partial charge in [0.05, 0.1) is 23.0 Å². The van der Waals surface area contributed by atoms with E-state index in [1.807, 2.05) is 11.6 Å². The van der Waals surface area contributed by atoms with Gasteiger partial charge in [-0.3, -0.25) is 4.68 Å². The van der Waals surface area contributed by atoms with E-state index in [0.29, 0.717) is 6.54 Å². The Labute approximate surface area is 134 Å². The van der Waals surface area contributed by atoms with Crippen LogP contribution >= 0.6 is 23.4 Å². The molecule has 0 bridgehead atoms. The summed E-state index contributed by atoms with van der Waals surface area (Å²) in [5, 5.41) is 14.4. The van der Waals surface area contributed by atoms with E-state index in [4.69, 9.17) is 17.3 Å². The van der Waals surface area contributed by atoms with Crippen LogP contribution in [0.3, 0.4) is 0 Å². The van der Waals surface area contributed by atoms with E-state index in [9.17, 15) is 0 Å². The van der Waals surface area contributed by atoms with E-state index in [0.717, 1.165) is 52.7 Å². The highest BCUT2D eigenvalue weighted by atomic mass is 35.5. The maximum atomic E-state index is 6.33. The van der Waals surface area contributed by atoms with Gasteiger partial charge < -0.3 is 10.3 Å². The van der Waals surface area contributed by atoms with Crippen molar-refractivity contribution in [2.45, 2.75) is 57.7 Å². The van der Waals surface area contributed by atoms with Crippen molar-refractivity contribution in [2.75, 3.05) is 0 Å². The molecule has 0 fully saturated rings. The van der Waals surface area contributed by atoms with Crippen LogP contribution in [0.1, 0.15) is 37.5 Å². The number of nitrogens with zero attached hydrogens (tertiary/aromatic N) is 5. The molecule has 0 aliphatic carbocycles. The van der Waals surface area contributed by atoms with Gasteiger partial charge in [0.2, 0.25) is 0 Å². The van der Waals surface area contributed by atoms with Gasteiger partial charge in [0, 0.05) is 18.8 Å². The molecule has 116 valence electrons. The van der Waals surface area contributed by atoms with Crippen molar-refractivity contribution < 1.29 is 0 Å². The molecule has 2 N–H and O–H groups in total. The SMILES string of the molecule is CCCn1c(CN)nnc1SCc1c(Cl)c(C)nn1CC. The number of aromatic nitrogens is 5. The summed E-state index contributed by atoms with van der Waals surface area (Å²) in [4.78, 5) is 0. The molecule has 0 aliphatic heterocycles. The molecule has 0 aliphatic rings. The topological polar surface area (TPSA) is 74.6 Å². The minimum absolute atomic E-state index is 0.403. The molecule has 2 heterocycles. The lowest BCUT2D eigenvalue weighted by Gasteiger charge is -2.08. The van der Waals surface area contributed by atoms with Crippen LogP contribution < -0.4 is 5.73 Å². The number of thioether (sulfide) groups is 1. The van der Waals surface area contributed by atoms with Crippen LogP contribution in [0.5, 0.6) is 0 Å². The van der Waals surface area contributed by atoms with Crippen molar-refractivity contribution in [3.05, 3.63) is 22.2 Å². The number of hydrogen-bond acceptors (Lipinski definition) is 5. The van der Waals surface area contributed by atoms with E-state index in [2.05, 4.69) is 33.7 Å². The third-order valence-corrected chi connectivity index (χ3v) is 4.68.